The fourth-order valence-corrected chi connectivity index (χ4v) is 4.31. The van der Waals surface area contributed by atoms with Gasteiger partial charge in [0.15, 0.2) is 5.96 Å². The van der Waals surface area contributed by atoms with Crippen LogP contribution in [0.3, 0.4) is 0 Å². The lowest BCUT2D eigenvalue weighted by Gasteiger charge is -2.30. The highest BCUT2D eigenvalue weighted by atomic mass is 32.1. The van der Waals surface area contributed by atoms with E-state index in [1.165, 1.54) is 46.9 Å². The minimum Gasteiger partial charge on any atom is -0.356 e. The van der Waals surface area contributed by atoms with E-state index in [1.807, 2.05) is 13.2 Å². The molecule has 0 amide bonds. The zero-order valence-corrected chi connectivity index (χ0v) is 18.2. The van der Waals surface area contributed by atoms with Crippen LogP contribution in [0, 0.1) is 12.8 Å². The van der Waals surface area contributed by atoms with Crippen molar-refractivity contribution in [2.45, 2.75) is 46.2 Å². The monoisotopic (exact) mass is 399 g/mol. The molecule has 0 atom stereocenters. The van der Waals surface area contributed by atoms with Crippen molar-refractivity contribution < 1.29 is 0 Å². The molecule has 6 heteroatoms. The Morgan fingerprint density at radius 3 is 2.75 bits per heavy atom. The number of rotatable bonds is 7. The predicted octanol–water partition coefficient (Wildman–Crippen LogP) is 3.59. The summed E-state index contributed by atoms with van der Waals surface area (Å²) in [6.07, 6.45) is 5.50. The van der Waals surface area contributed by atoms with Gasteiger partial charge in [-0.3, -0.25) is 9.89 Å². The van der Waals surface area contributed by atoms with E-state index in [0.29, 0.717) is 0 Å². The minimum absolute atomic E-state index is 0.779. The molecule has 1 aromatic carbocycles. The van der Waals surface area contributed by atoms with Gasteiger partial charge in [-0.25, -0.2) is 4.98 Å². The topological polar surface area (TPSA) is 52.6 Å². The van der Waals surface area contributed by atoms with Crippen LogP contribution in [0.15, 0.2) is 35.5 Å². The molecule has 3 rings (SSSR count). The van der Waals surface area contributed by atoms with E-state index < -0.39 is 0 Å². The second-order valence-corrected chi connectivity index (χ2v) is 9.07. The Kier molecular flexibility index (Phi) is 7.86. The van der Waals surface area contributed by atoms with E-state index in [1.54, 1.807) is 11.3 Å². The molecule has 0 radical (unpaired) electrons. The van der Waals surface area contributed by atoms with Gasteiger partial charge >= 0.3 is 0 Å². The van der Waals surface area contributed by atoms with E-state index in [-0.39, 0.29) is 0 Å². The van der Waals surface area contributed by atoms with E-state index in [0.717, 1.165) is 37.9 Å². The van der Waals surface area contributed by atoms with Crippen molar-refractivity contribution in [1.29, 1.82) is 0 Å². The van der Waals surface area contributed by atoms with E-state index >= 15 is 0 Å². The summed E-state index contributed by atoms with van der Waals surface area (Å²) in [4.78, 5) is 12.6. The van der Waals surface area contributed by atoms with Crippen LogP contribution < -0.4 is 10.6 Å². The fourth-order valence-electron chi connectivity index (χ4n) is 3.53. The molecule has 2 aromatic rings. The zero-order valence-electron chi connectivity index (χ0n) is 17.4. The molecule has 0 bridgehead atoms. The lowest BCUT2D eigenvalue weighted by molar-refractivity contribution is 0.185. The Balaban J connectivity index is 1.43. The normalized spacial score (nSPS) is 16.3. The maximum absolute atomic E-state index is 4.41. The summed E-state index contributed by atoms with van der Waals surface area (Å²) in [7, 11) is 1.82. The van der Waals surface area contributed by atoms with Crippen LogP contribution in [0.25, 0.3) is 0 Å². The molecule has 0 saturated carbocycles. The number of hydrogen-bond acceptors (Lipinski definition) is 4. The number of nitrogens with zero attached hydrogens (tertiary/aromatic N) is 3. The van der Waals surface area contributed by atoms with Crippen molar-refractivity contribution in [2.75, 3.05) is 26.7 Å². The number of thiazole rings is 1. The van der Waals surface area contributed by atoms with Gasteiger partial charge in [-0.1, -0.05) is 31.2 Å². The third kappa shape index (κ3) is 6.60. The molecule has 0 unspecified atom stereocenters. The average Bonchev–Trinajstić information content (AvgIpc) is 3.12. The second kappa shape index (κ2) is 10.6. The number of aliphatic imine (C=N–C) groups is 1. The number of guanidine groups is 1. The Labute approximate surface area is 173 Å². The van der Waals surface area contributed by atoms with Crippen LogP contribution in [0.5, 0.6) is 0 Å². The Hall–Kier alpha value is -1.92. The van der Waals surface area contributed by atoms with Crippen molar-refractivity contribution in [3.63, 3.8) is 0 Å². The number of benzene rings is 1. The average molecular weight is 400 g/mol. The molecule has 1 saturated heterocycles. The molecule has 2 heterocycles. The highest BCUT2D eigenvalue weighted by Crippen LogP contribution is 2.18. The van der Waals surface area contributed by atoms with Crippen molar-refractivity contribution in [3.05, 3.63) is 51.5 Å². The molecule has 0 spiro atoms. The Morgan fingerprint density at radius 1 is 1.25 bits per heavy atom. The van der Waals surface area contributed by atoms with E-state index in [9.17, 15) is 0 Å². The maximum atomic E-state index is 4.41. The maximum Gasteiger partial charge on any atom is 0.191 e. The molecule has 1 aromatic heterocycles. The third-order valence-electron chi connectivity index (χ3n) is 5.26. The largest absolute Gasteiger partial charge is 0.356 e. The molecular formula is C22H33N5S. The van der Waals surface area contributed by atoms with Crippen molar-refractivity contribution in [2.24, 2.45) is 10.9 Å². The third-order valence-corrected chi connectivity index (χ3v) is 6.23. The van der Waals surface area contributed by atoms with Crippen molar-refractivity contribution in [3.8, 4) is 0 Å². The molecule has 0 aliphatic carbocycles. The van der Waals surface area contributed by atoms with Gasteiger partial charge in [0, 0.05) is 44.2 Å². The summed E-state index contributed by atoms with van der Waals surface area (Å²) >= 11 is 1.76. The number of piperidine rings is 1. The number of aryl methyl sites for hydroxylation is 1. The molecule has 28 heavy (non-hydrogen) atoms. The summed E-state index contributed by atoms with van der Waals surface area (Å²) < 4.78 is 0. The Bertz CT molecular complexity index is 762. The summed E-state index contributed by atoms with van der Waals surface area (Å²) in [5.74, 6) is 1.72. The first-order valence-electron chi connectivity index (χ1n) is 10.3. The number of aromatic nitrogens is 1. The first-order chi connectivity index (χ1) is 13.6. The standard InChI is InChI=1S/C22H33N5S/c1-17-8-11-27(12-9-17)16-20-6-4-5-19(13-20)15-26-22(23-3)24-10-7-21-25-14-18(2)28-21/h4-6,13-14,17H,7-12,15-16H2,1-3H3,(H2,23,24,26). The lowest BCUT2D eigenvalue weighted by Crippen LogP contribution is -2.37. The van der Waals surface area contributed by atoms with Gasteiger partial charge in [0.05, 0.1) is 5.01 Å². The van der Waals surface area contributed by atoms with Crippen LogP contribution in [0.1, 0.15) is 40.8 Å². The highest BCUT2D eigenvalue weighted by Gasteiger charge is 2.15. The van der Waals surface area contributed by atoms with Gasteiger partial charge in [0.25, 0.3) is 0 Å². The lowest BCUT2D eigenvalue weighted by atomic mass is 9.98. The van der Waals surface area contributed by atoms with Gasteiger partial charge in [-0.05, 0) is 49.9 Å². The quantitative estimate of drug-likeness (QED) is 0.552. The number of hydrogen-bond donors (Lipinski definition) is 2. The fraction of sp³-hybridized carbons (Fsp3) is 0.545. The van der Waals surface area contributed by atoms with Gasteiger partial charge < -0.3 is 10.6 Å². The summed E-state index contributed by atoms with van der Waals surface area (Å²) in [5.41, 5.74) is 2.69. The Morgan fingerprint density at radius 2 is 2.04 bits per heavy atom. The zero-order chi connectivity index (χ0) is 19.8. The van der Waals surface area contributed by atoms with Crippen LogP contribution in [0.4, 0.5) is 0 Å². The predicted molar refractivity (Wildman–Crippen MR) is 119 cm³/mol. The molecular weight excluding hydrogens is 366 g/mol. The summed E-state index contributed by atoms with van der Waals surface area (Å²) in [6, 6.07) is 8.90. The molecule has 152 valence electrons. The number of likely N-dealkylation sites (tertiary alicyclic amines) is 1. The van der Waals surface area contributed by atoms with E-state index in [2.05, 4.69) is 63.6 Å². The second-order valence-electron chi connectivity index (χ2n) is 7.75. The molecule has 5 nitrogen and oxygen atoms in total. The first-order valence-corrected chi connectivity index (χ1v) is 11.1. The van der Waals surface area contributed by atoms with Gasteiger partial charge in [-0.15, -0.1) is 11.3 Å². The van der Waals surface area contributed by atoms with Crippen LogP contribution in [-0.4, -0.2) is 42.5 Å². The highest BCUT2D eigenvalue weighted by molar-refractivity contribution is 7.11. The van der Waals surface area contributed by atoms with Crippen LogP contribution >= 0.6 is 11.3 Å². The summed E-state index contributed by atoms with van der Waals surface area (Å²) in [5, 5.41) is 7.97. The van der Waals surface area contributed by atoms with E-state index in [4.69, 9.17) is 0 Å². The molecule has 1 aliphatic heterocycles. The number of nitrogens with one attached hydrogen (secondary N) is 2. The van der Waals surface area contributed by atoms with Crippen molar-refractivity contribution in [1.82, 2.24) is 20.5 Å². The van der Waals surface area contributed by atoms with Crippen LogP contribution in [0.2, 0.25) is 0 Å². The molecule has 1 fully saturated rings. The van der Waals surface area contributed by atoms with Gasteiger partial charge in [-0.2, -0.15) is 0 Å². The molecule has 2 N–H and O–H groups in total. The van der Waals surface area contributed by atoms with Gasteiger partial charge in [0.1, 0.15) is 0 Å². The van der Waals surface area contributed by atoms with Crippen LogP contribution in [-0.2, 0) is 19.5 Å². The van der Waals surface area contributed by atoms with Gasteiger partial charge in [0.2, 0.25) is 0 Å². The summed E-state index contributed by atoms with van der Waals surface area (Å²) in [6.45, 7) is 9.57. The minimum atomic E-state index is 0.779. The van der Waals surface area contributed by atoms with Crippen molar-refractivity contribution >= 4 is 17.3 Å². The SMILES string of the molecule is CN=C(NCCc1ncc(C)s1)NCc1cccc(CN2CCC(C)CC2)c1. The smallest absolute Gasteiger partial charge is 0.191 e. The molecule has 1 aliphatic rings. The first kappa shape index (κ1) is 20.8.